The molecule has 122 valence electrons. The fraction of sp³-hybridized carbons (Fsp3) is 0.412. The molecule has 0 aliphatic heterocycles. The van der Waals surface area contributed by atoms with E-state index in [0.29, 0.717) is 11.6 Å². The molecule has 0 atom stereocenters. The molecule has 0 saturated heterocycles. The Bertz CT molecular complexity index is 733. The maximum atomic E-state index is 9.07. The van der Waals surface area contributed by atoms with Crippen LogP contribution in [0.25, 0.3) is 11.3 Å². The van der Waals surface area contributed by atoms with Crippen LogP contribution in [-0.2, 0) is 11.8 Å². The van der Waals surface area contributed by atoms with Crippen molar-refractivity contribution in [1.29, 1.82) is 0 Å². The van der Waals surface area contributed by atoms with E-state index in [9.17, 15) is 0 Å². The van der Waals surface area contributed by atoms with Gasteiger partial charge in [-0.05, 0) is 35.4 Å². The van der Waals surface area contributed by atoms with E-state index in [2.05, 4.69) is 40.3 Å². The minimum Gasteiger partial charge on any atom is -0.395 e. The van der Waals surface area contributed by atoms with Crippen molar-refractivity contribution in [2.24, 2.45) is 0 Å². The van der Waals surface area contributed by atoms with E-state index in [1.165, 1.54) is 11.9 Å². The fourth-order valence-electron chi connectivity index (χ4n) is 3.33. The highest BCUT2D eigenvalue weighted by Gasteiger charge is 2.35. The van der Waals surface area contributed by atoms with Crippen LogP contribution >= 0.6 is 11.9 Å². The third-order valence-electron chi connectivity index (χ3n) is 4.29. The molecular formula is C17H22N4OS. The van der Waals surface area contributed by atoms with E-state index in [1.54, 1.807) is 11.9 Å². The average Bonchev–Trinajstić information content (AvgIpc) is 2.51. The minimum absolute atomic E-state index is 0.119. The fourth-order valence-corrected chi connectivity index (χ4v) is 3.99. The van der Waals surface area contributed by atoms with Gasteiger partial charge in [-0.1, -0.05) is 26.0 Å². The number of nitrogen functional groups attached to an aromatic ring is 1. The predicted octanol–water partition coefficient (Wildman–Crippen LogP) is 2.64. The van der Waals surface area contributed by atoms with Gasteiger partial charge in [-0.3, -0.25) is 0 Å². The van der Waals surface area contributed by atoms with Crippen molar-refractivity contribution in [1.82, 2.24) is 9.97 Å². The van der Waals surface area contributed by atoms with Crippen LogP contribution in [0.1, 0.15) is 25.0 Å². The van der Waals surface area contributed by atoms with E-state index in [1.807, 2.05) is 13.1 Å². The Hall–Kier alpha value is -1.79. The molecule has 2 aromatic rings. The van der Waals surface area contributed by atoms with E-state index in [-0.39, 0.29) is 12.0 Å². The molecule has 0 unspecified atom stereocenters. The van der Waals surface area contributed by atoms with Gasteiger partial charge in [0.25, 0.3) is 0 Å². The molecule has 1 heterocycles. The molecule has 1 aromatic carbocycles. The molecule has 1 aromatic heterocycles. The quantitative estimate of drug-likeness (QED) is 0.840. The number of rotatable bonds is 4. The number of aliphatic hydroxyl groups excluding tert-OH is 1. The molecule has 0 fully saturated rings. The van der Waals surface area contributed by atoms with Crippen molar-refractivity contribution in [2.75, 3.05) is 29.4 Å². The lowest BCUT2D eigenvalue weighted by molar-refractivity contribution is 0.322. The topological polar surface area (TPSA) is 75.3 Å². The number of aromatic nitrogens is 2. The number of nitrogens with zero attached hydrogens (tertiary/aromatic N) is 3. The summed E-state index contributed by atoms with van der Waals surface area (Å²) in [7, 11) is 2.03. The highest BCUT2D eigenvalue weighted by molar-refractivity contribution is 8.00. The summed E-state index contributed by atoms with van der Waals surface area (Å²) < 4.78 is 2.13. The van der Waals surface area contributed by atoms with Crippen LogP contribution in [0.5, 0.6) is 0 Å². The molecule has 1 aliphatic carbocycles. The van der Waals surface area contributed by atoms with Gasteiger partial charge < -0.3 is 15.1 Å². The van der Waals surface area contributed by atoms with Crippen LogP contribution in [0, 0.1) is 0 Å². The molecule has 0 radical (unpaired) electrons. The highest BCUT2D eigenvalue weighted by Crippen LogP contribution is 2.47. The van der Waals surface area contributed by atoms with Gasteiger partial charge in [0, 0.05) is 23.9 Å². The Morgan fingerprint density at radius 3 is 2.87 bits per heavy atom. The third-order valence-corrected chi connectivity index (χ3v) is 5.24. The molecule has 5 nitrogen and oxygen atoms in total. The van der Waals surface area contributed by atoms with Gasteiger partial charge in [0.1, 0.15) is 12.1 Å². The number of hydrogen-bond donors (Lipinski definition) is 2. The van der Waals surface area contributed by atoms with Crippen LogP contribution in [-0.4, -0.2) is 34.5 Å². The lowest BCUT2D eigenvalue weighted by Crippen LogP contribution is -2.29. The SMILES string of the molecule is CN(SCCO)c1cccc2c1CC(C)(C)c1c(N)ncnc1-2. The number of anilines is 2. The standard InChI is InChI=1S/C17H22N4OS/c1-17(2)9-12-11(15-14(17)16(18)20-10-19-15)5-4-6-13(12)21(3)23-8-7-22/h4-6,10,22H,7-9H2,1-3H3,(H2,18,19,20). The first-order valence-electron chi connectivity index (χ1n) is 7.66. The van der Waals surface area contributed by atoms with Crippen LogP contribution in [0.2, 0.25) is 0 Å². The summed E-state index contributed by atoms with van der Waals surface area (Å²) in [6.45, 7) is 4.54. The summed E-state index contributed by atoms with van der Waals surface area (Å²) in [6.07, 6.45) is 2.42. The maximum absolute atomic E-state index is 9.07. The van der Waals surface area contributed by atoms with Crippen molar-refractivity contribution in [3.8, 4) is 11.3 Å². The van der Waals surface area contributed by atoms with Crippen molar-refractivity contribution >= 4 is 23.5 Å². The molecule has 0 amide bonds. The van der Waals surface area contributed by atoms with Gasteiger partial charge in [-0.2, -0.15) is 0 Å². The molecular weight excluding hydrogens is 308 g/mol. The molecule has 0 saturated carbocycles. The lowest BCUT2D eigenvalue weighted by atomic mass is 9.71. The molecule has 3 N–H and O–H groups in total. The number of fused-ring (bicyclic) bond motifs is 3. The van der Waals surface area contributed by atoms with E-state index in [0.717, 1.165) is 28.9 Å². The molecule has 0 bridgehead atoms. The zero-order chi connectivity index (χ0) is 16.6. The lowest BCUT2D eigenvalue weighted by Gasteiger charge is -2.36. The summed E-state index contributed by atoms with van der Waals surface area (Å²) in [6, 6.07) is 6.27. The molecule has 6 heteroatoms. The second-order valence-corrected chi connectivity index (χ2v) is 7.61. The average molecular weight is 330 g/mol. The molecule has 0 spiro atoms. The largest absolute Gasteiger partial charge is 0.395 e. The van der Waals surface area contributed by atoms with Crippen LogP contribution in [0.15, 0.2) is 24.5 Å². The maximum Gasteiger partial charge on any atom is 0.131 e. The van der Waals surface area contributed by atoms with E-state index in [4.69, 9.17) is 10.8 Å². The van der Waals surface area contributed by atoms with Crippen LogP contribution in [0.3, 0.4) is 0 Å². The molecule has 3 rings (SSSR count). The van der Waals surface area contributed by atoms with Crippen LogP contribution in [0.4, 0.5) is 11.5 Å². The summed E-state index contributed by atoms with van der Waals surface area (Å²) in [5, 5.41) is 9.07. The highest BCUT2D eigenvalue weighted by atomic mass is 32.2. The Balaban J connectivity index is 2.15. The predicted molar refractivity (Wildman–Crippen MR) is 96.6 cm³/mol. The second-order valence-electron chi connectivity index (χ2n) is 6.40. The minimum atomic E-state index is -0.119. The normalized spacial score (nSPS) is 15.0. The summed E-state index contributed by atoms with van der Waals surface area (Å²) in [4.78, 5) is 8.71. The third kappa shape index (κ3) is 2.77. The van der Waals surface area contributed by atoms with Gasteiger partial charge in [-0.25, -0.2) is 9.97 Å². The summed E-state index contributed by atoms with van der Waals surface area (Å²) in [5.41, 5.74) is 11.6. The Labute approximate surface area is 141 Å². The molecule has 23 heavy (non-hydrogen) atoms. The van der Waals surface area contributed by atoms with Gasteiger partial charge in [-0.15, -0.1) is 0 Å². The van der Waals surface area contributed by atoms with Crippen molar-refractivity contribution < 1.29 is 5.11 Å². The van der Waals surface area contributed by atoms with Gasteiger partial charge in [0.2, 0.25) is 0 Å². The second kappa shape index (κ2) is 6.02. The zero-order valence-corrected chi connectivity index (χ0v) is 14.5. The van der Waals surface area contributed by atoms with E-state index >= 15 is 0 Å². The van der Waals surface area contributed by atoms with Gasteiger partial charge in [0.05, 0.1) is 18.0 Å². The number of hydrogen-bond acceptors (Lipinski definition) is 6. The zero-order valence-electron chi connectivity index (χ0n) is 13.7. The number of benzene rings is 1. The smallest absolute Gasteiger partial charge is 0.131 e. The monoisotopic (exact) mass is 330 g/mol. The van der Waals surface area contributed by atoms with Crippen molar-refractivity contribution in [3.05, 3.63) is 35.7 Å². The Kier molecular flexibility index (Phi) is 4.21. The van der Waals surface area contributed by atoms with Crippen molar-refractivity contribution in [3.63, 3.8) is 0 Å². The van der Waals surface area contributed by atoms with Gasteiger partial charge in [0.15, 0.2) is 0 Å². The Morgan fingerprint density at radius 1 is 1.35 bits per heavy atom. The first-order valence-corrected chi connectivity index (χ1v) is 8.60. The Morgan fingerprint density at radius 2 is 2.13 bits per heavy atom. The van der Waals surface area contributed by atoms with E-state index < -0.39 is 0 Å². The molecule has 1 aliphatic rings. The van der Waals surface area contributed by atoms with Gasteiger partial charge >= 0.3 is 0 Å². The number of nitrogens with two attached hydrogens (primary N) is 1. The first-order chi connectivity index (χ1) is 11.0. The first kappa shape index (κ1) is 16.1. The summed E-state index contributed by atoms with van der Waals surface area (Å²) >= 11 is 1.61. The van der Waals surface area contributed by atoms with Crippen LogP contribution < -0.4 is 10.0 Å². The summed E-state index contributed by atoms with van der Waals surface area (Å²) in [5.74, 6) is 1.24. The number of aliphatic hydroxyl groups is 1. The van der Waals surface area contributed by atoms with Crippen molar-refractivity contribution in [2.45, 2.75) is 25.7 Å².